The van der Waals surface area contributed by atoms with Crippen LogP contribution in [0.25, 0.3) is 0 Å². The number of aldehydes is 1. The zero-order chi connectivity index (χ0) is 9.70. The van der Waals surface area contributed by atoms with Gasteiger partial charge in [-0.1, -0.05) is 14.9 Å². The molecular weight excluding hydrogens is 207 g/mol. The zero-order valence-corrected chi connectivity index (χ0v) is 8.53. The predicted octanol–water partition coefficient (Wildman–Crippen LogP) is 1.14. The van der Waals surface area contributed by atoms with Gasteiger partial charge in [-0.05, 0) is 13.8 Å². The summed E-state index contributed by atoms with van der Waals surface area (Å²) in [5.74, 6) is 0. The molecule has 14 heavy (non-hydrogen) atoms. The Hall–Kier alpha value is -0.350. The van der Waals surface area contributed by atoms with Crippen molar-refractivity contribution in [3.05, 3.63) is 0 Å². The van der Waals surface area contributed by atoms with Crippen LogP contribution in [-0.4, -0.2) is 36.7 Å². The van der Waals surface area contributed by atoms with E-state index in [9.17, 15) is 0 Å². The van der Waals surface area contributed by atoms with Crippen LogP contribution in [0.2, 0.25) is 0 Å². The molecule has 1 rings (SSSR count). The maximum Gasteiger partial charge on any atom is 0.138 e. The lowest BCUT2D eigenvalue weighted by atomic mass is 10.6. The molecule has 0 spiro atoms. The molecule has 1 fully saturated rings. The number of hydrogen-bond acceptors (Lipinski definition) is 4. The van der Waals surface area contributed by atoms with Gasteiger partial charge in [0.15, 0.2) is 0 Å². The monoisotopic (exact) mass is 232 g/mol. The highest BCUT2D eigenvalue weighted by atomic mass is 31.0. The third kappa shape index (κ3) is 188. The van der Waals surface area contributed by atoms with Crippen molar-refractivity contribution in [1.82, 2.24) is 0 Å². The summed E-state index contributed by atoms with van der Waals surface area (Å²) in [6.07, 6.45) is 1.33. The van der Waals surface area contributed by atoms with E-state index >= 15 is 0 Å². The van der Waals surface area contributed by atoms with Gasteiger partial charge in [-0.3, -0.25) is 4.57 Å². The van der Waals surface area contributed by atoms with E-state index in [4.69, 9.17) is 19.2 Å². The number of ether oxygens (including phenoxy) is 1. The summed E-state index contributed by atoms with van der Waals surface area (Å²) in [4.78, 5) is 8.81. The third-order valence-electron chi connectivity index (χ3n) is 0.500. The fourth-order valence-electron chi connectivity index (χ4n) is 0.0962. The van der Waals surface area contributed by atoms with Gasteiger partial charge in [-0.15, -0.1) is 0 Å². The molecule has 0 bridgehead atoms. The molecule has 3 N–H and O–H groups in total. The highest BCUT2D eigenvalue weighted by Crippen LogP contribution is 2.04. The van der Waals surface area contributed by atoms with Crippen molar-refractivity contribution < 1.29 is 24.7 Å². The van der Waals surface area contributed by atoms with Gasteiger partial charge < -0.3 is 20.1 Å². The molecule has 0 aromatic heterocycles. The van der Waals surface area contributed by atoms with Gasteiger partial charge in [-0.2, -0.15) is 0 Å². The highest BCUT2D eigenvalue weighted by molar-refractivity contribution is 7.00. The van der Waals surface area contributed by atoms with E-state index < -0.39 is 0 Å². The van der Waals surface area contributed by atoms with Crippen LogP contribution in [0.3, 0.4) is 0 Å². The maximum atomic E-state index is 8.81. The maximum absolute atomic E-state index is 8.81. The number of hydrogen-bond donors (Lipinski definition) is 1. The minimum Gasteiger partial charge on any atom is -0.412 e. The van der Waals surface area contributed by atoms with Crippen molar-refractivity contribution >= 4 is 15.4 Å². The zero-order valence-electron chi connectivity index (χ0n) is 7.53. The summed E-state index contributed by atoms with van der Waals surface area (Å²) < 4.78 is 12.8. The molecule has 1 aliphatic rings. The van der Waals surface area contributed by atoms with Gasteiger partial charge in [0, 0.05) is 7.11 Å². The second-order valence-corrected chi connectivity index (χ2v) is 1.38. The van der Waals surface area contributed by atoms with Crippen LogP contribution in [-0.2, 0) is 14.1 Å². The molecule has 0 radical (unpaired) electrons. The fourth-order valence-corrected chi connectivity index (χ4v) is 0.0962. The molecule has 1 unspecified atom stereocenters. The molecule has 92 valence electrons. The van der Waals surface area contributed by atoms with Crippen LogP contribution >= 0.6 is 9.12 Å². The van der Waals surface area contributed by atoms with Crippen LogP contribution in [0.4, 0.5) is 0 Å². The number of epoxide rings is 1. The van der Waals surface area contributed by atoms with E-state index in [2.05, 4.69) is 6.92 Å². The van der Waals surface area contributed by atoms with Crippen molar-refractivity contribution in [3.8, 4) is 0 Å². The Balaban J connectivity index is -0.0000000150. The van der Waals surface area contributed by atoms with E-state index in [0.29, 0.717) is 6.10 Å². The largest absolute Gasteiger partial charge is 0.412 e. The van der Waals surface area contributed by atoms with Gasteiger partial charge in [0.05, 0.1) is 12.7 Å². The lowest BCUT2D eigenvalue weighted by molar-refractivity contribution is -0.106. The summed E-state index contributed by atoms with van der Waals surface area (Å²) >= 11 is 0. The third-order valence-corrected chi connectivity index (χ3v) is 0.500. The summed E-state index contributed by atoms with van der Waals surface area (Å²) in [7, 11) is 2.72. The predicted molar refractivity (Wildman–Crippen MR) is 61.4 cm³/mol. The van der Waals surface area contributed by atoms with E-state index in [1.54, 1.807) is 9.12 Å². The summed E-state index contributed by atoms with van der Waals surface area (Å²) in [5, 5.41) is 7.00. The van der Waals surface area contributed by atoms with Gasteiger partial charge in [0.2, 0.25) is 0 Å². The number of aliphatic hydroxyl groups is 1. The molecule has 6 heteroatoms. The lowest BCUT2D eigenvalue weighted by Gasteiger charge is -1.50. The van der Waals surface area contributed by atoms with E-state index in [-0.39, 0.29) is 20.3 Å². The van der Waals surface area contributed by atoms with Crippen molar-refractivity contribution in [2.45, 2.75) is 34.8 Å². The molecule has 1 saturated heterocycles. The van der Waals surface area contributed by atoms with Gasteiger partial charge in [-0.25, -0.2) is 0 Å². The molecule has 0 aromatic carbocycles. The Morgan fingerprint density at radius 3 is 1.43 bits per heavy atom. The first-order valence-corrected chi connectivity index (χ1v) is 3.38. The molecule has 1 atom stereocenters. The summed E-state index contributed by atoms with van der Waals surface area (Å²) in [6.45, 7) is 4.49. The number of carbonyl (C=O) groups is 1. The molecule has 0 aromatic rings. The average molecular weight is 232 g/mol. The molecular formula is C8H25O5P. The van der Waals surface area contributed by atoms with Crippen molar-refractivity contribution in [2.24, 2.45) is 0 Å². The van der Waals surface area contributed by atoms with Gasteiger partial charge in [0.25, 0.3) is 0 Å². The SMILES string of the molecule is C.C.CC1CO1.CC=O.CO.O.O=P. The number of carbonyl (C=O) groups excluding carboxylic acids is 1. The van der Waals surface area contributed by atoms with Crippen LogP contribution in [0, 0.1) is 0 Å². The molecule has 1 aliphatic heterocycles. The molecule has 0 saturated carbocycles. The standard InChI is InChI=1S/C3H6O.C2H4O.CH4O.2CH4.HOP.H2O/c1-3-2-4-3;1-2-3;1-2;;;1-2;/h3H,2H2,1H3;2H,1H3;2H,1H3;2*1H4;2H;1H2. The van der Waals surface area contributed by atoms with Gasteiger partial charge >= 0.3 is 0 Å². The van der Waals surface area contributed by atoms with E-state index in [1.165, 1.54) is 6.92 Å². The summed E-state index contributed by atoms with van der Waals surface area (Å²) in [6, 6.07) is 0. The van der Waals surface area contributed by atoms with Gasteiger partial charge in [0.1, 0.15) is 15.4 Å². The summed E-state index contributed by atoms with van der Waals surface area (Å²) in [5.41, 5.74) is 0. The first kappa shape index (κ1) is 37.3. The normalized spacial score (nSPS) is 13.0. The Kier molecular flexibility index (Phi) is 143. The minimum absolute atomic E-state index is 0. The average Bonchev–Trinajstić information content (AvgIpc) is 2.82. The second-order valence-electron chi connectivity index (χ2n) is 1.38. The van der Waals surface area contributed by atoms with Crippen LogP contribution in [0.1, 0.15) is 28.7 Å². The lowest BCUT2D eigenvalue weighted by Crippen LogP contribution is -1.60. The highest BCUT2D eigenvalue weighted by Gasteiger charge is 2.13. The van der Waals surface area contributed by atoms with Crippen LogP contribution < -0.4 is 0 Å². The minimum atomic E-state index is 0. The smallest absolute Gasteiger partial charge is 0.138 e. The Labute approximate surface area is 89.4 Å². The first-order chi connectivity index (χ1) is 5.31. The van der Waals surface area contributed by atoms with Crippen LogP contribution in [0.5, 0.6) is 0 Å². The number of aliphatic hydroxyl groups excluding tert-OH is 1. The van der Waals surface area contributed by atoms with E-state index in [1.807, 2.05) is 0 Å². The molecule has 0 aliphatic carbocycles. The van der Waals surface area contributed by atoms with Crippen molar-refractivity contribution in [2.75, 3.05) is 13.7 Å². The van der Waals surface area contributed by atoms with Crippen molar-refractivity contribution in [3.63, 3.8) is 0 Å². The second kappa shape index (κ2) is 53.8. The first-order valence-electron chi connectivity index (χ1n) is 2.97. The Bertz CT molecular complexity index is 68.8. The molecule has 0 amide bonds. The number of rotatable bonds is 0. The Morgan fingerprint density at radius 2 is 1.43 bits per heavy atom. The van der Waals surface area contributed by atoms with E-state index in [0.717, 1.165) is 20.0 Å². The quantitative estimate of drug-likeness (QED) is 0.384. The topological polar surface area (TPSA) is 98.4 Å². The molecule has 5 nitrogen and oxygen atoms in total. The fraction of sp³-hybridized carbons (Fsp3) is 0.875. The van der Waals surface area contributed by atoms with Crippen molar-refractivity contribution in [1.29, 1.82) is 0 Å². The Morgan fingerprint density at radius 1 is 1.36 bits per heavy atom. The van der Waals surface area contributed by atoms with Crippen LogP contribution in [0.15, 0.2) is 0 Å². The molecule has 1 heterocycles.